The monoisotopic (exact) mass is 285 g/mol. The molecule has 1 aromatic carbocycles. The number of hydrogen-bond donors (Lipinski definition) is 0. The van der Waals surface area contributed by atoms with Crippen LogP contribution in [-0.2, 0) is 9.59 Å². The molecule has 1 aromatic rings. The molecule has 2 saturated carbocycles. The second-order valence-corrected chi connectivity index (χ2v) is 6.32. The largest absolute Gasteiger partial charge is 0.494 e. The predicted octanol–water partition coefficient (Wildman–Crippen LogP) is 2.62. The molecule has 0 aromatic heterocycles. The van der Waals surface area contributed by atoms with Gasteiger partial charge in [0.25, 0.3) is 0 Å². The summed E-state index contributed by atoms with van der Waals surface area (Å²) >= 11 is 0. The van der Waals surface area contributed by atoms with Crippen LogP contribution < -0.4 is 9.64 Å². The molecule has 3 aliphatic rings. The summed E-state index contributed by atoms with van der Waals surface area (Å²) in [5.74, 6) is 1.56. The molecule has 0 radical (unpaired) electrons. The predicted molar refractivity (Wildman–Crippen MR) is 77.9 cm³/mol. The van der Waals surface area contributed by atoms with Crippen molar-refractivity contribution in [1.29, 1.82) is 0 Å². The van der Waals surface area contributed by atoms with Gasteiger partial charge in [0, 0.05) is 0 Å². The number of hydrogen-bond acceptors (Lipinski definition) is 3. The highest BCUT2D eigenvalue weighted by molar-refractivity contribution is 6.22. The zero-order chi connectivity index (χ0) is 14.6. The van der Waals surface area contributed by atoms with Gasteiger partial charge < -0.3 is 4.74 Å². The van der Waals surface area contributed by atoms with Crippen molar-refractivity contribution in [2.45, 2.75) is 26.2 Å². The molecule has 2 aliphatic carbocycles. The van der Waals surface area contributed by atoms with Crippen LogP contribution in [0.2, 0.25) is 0 Å². The lowest BCUT2D eigenvalue weighted by Crippen LogP contribution is -2.32. The molecule has 0 N–H and O–H groups in total. The maximum atomic E-state index is 12.7. The van der Waals surface area contributed by atoms with E-state index in [1.807, 2.05) is 31.2 Å². The second-order valence-electron chi connectivity index (χ2n) is 6.32. The van der Waals surface area contributed by atoms with E-state index in [1.54, 1.807) is 0 Å². The molecule has 0 unspecified atom stereocenters. The van der Waals surface area contributed by atoms with Gasteiger partial charge in [-0.2, -0.15) is 0 Å². The van der Waals surface area contributed by atoms with E-state index in [4.69, 9.17) is 4.74 Å². The summed E-state index contributed by atoms with van der Waals surface area (Å²) in [6.45, 7) is 2.53. The summed E-state index contributed by atoms with van der Waals surface area (Å²) in [5.41, 5.74) is 0.683. The molecule has 1 heterocycles. The molecular formula is C17H19NO3. The van der Waals surface area contributed by atoms with Crippen LogP contribution in [0.4, 0.5) is 5.69 Å². The van der Waals surface area contributed by atoms with E-state index >= 15 is 0 Å². The standard InChI is InChI=1S/C17H19NO3/c1-2-21-13-7-5-12(6-8-13)18-16(19)14-10-3-4-11(9-10)15(14)17(18)20/h5-8,10-11,14-15H,2-4,9H2,1H3/t10-,11+,14-,15+. The fraction of sp³-hybridized carbons (Fsp3) is 0.529. The first-order valence-corrected chi connectivity index (χ1v) is 7.81. The molecule has 4 heteroatoms. The first kappa shape index (κ1) is 12.9. The third kappa shape index (κ3) is 1.74. The van der Waals surface area contributed by atoms with Gasteiger partial charge in [-0.15, -0.1) is 0 Å². The van der Waals surface area contributed by atoms with Crippen LogP contribution in [0.25, 0.3) is 0 Å². The van der Waals surface area contributed by atoms with Gasteiger partial charge in [-0.3, -0.25) is 14.5 Å². The van der Waals surface area contributed by atoms with E-state index in [2.05, 4.69) is 0 Å². The number of carbonyl (C=O) groups is 2. The number of fused-ring (bicyclic) bond motifs is 5. The van der Waals surface area contributed by atoms with E-state index in [0.717, 1.165) is 25.0 Å². The van der Waals surface area contributed by atoms with Crippen molar-refractivity contribution in [3.63, 3.8) is 0 Å². The van der Waals surface area contributed by atoms with Crippen LogP contribution in [-0.4, -0.2) is 18.4 Å². The molecular weight excluding hydrogens is 266 g/mol. The zero-order valence-electron chi connectivity index (χ0n) is 12.1. The van der Waals surface area contributed by atoms with Crippen LogP contribution >= 0.6 is 0 Å². The number of imide groups is 1. The minimum atomic E-state index is -0.0529. The second kappa shape index (κ2) is 4.58. The van der Waals surface area contributed by atoms with Crippen molar-refractivity contribution in [3.05, 3.63) is 24.3 Å². The number of nitrogens with zero attached hydrogens (tertiary/aromatic N) is 1. The number of anilines is 1. The topological polar surface area (TPSA) is 46.6 Å². The number of benzene rings is 1. The maximum Gasteiger partial charge on any atom is 0.237 e. The molecule has 4 nitrogen and oxygen atoms in total. The Balaban J connectivity index is 1.64. The summed E-state index contributed by atoms with van der Waals surface area (Å²) in [4.78, 5) is 26.8. The Bertz CT molecular complexity index is 567. The molecule has 1 saturated heterocycles. The fourth-order valence-corrected chi connectivity index (χ4v) is 4.52. The molecule has 4 rings (SSSR count). The van der Waals surface area contributed by atoms with Crippen molar-refractivity contribution in [2.24, 2.45) is 23.7 Å². The quantitative estimate of drug-likeness (QED) is 0.802. The summed E-state index contributed by atoms with van der Waals surface area (Å²) in [5, 5.41) is 0. The van der Waals surface area contributed by atoms with E-state index in [-0.39, 0.29) is 23.7 Å². The summed E-state index contributed by atoms with van der Waals surface area (Å²) in [6, 6.07) is 7.26. The molecule has 2 bridgehead atoms. The van der Waals surface area contributed by atoms with Gasteiger partial charge in [0.1, 0.15) is 5.75 Å². The van der Waals surface area contributed by atoms with Crippen LogP contribution in [0.15, 0.2) is 24.3 Å². The van der Waals surface area contributed by atoms with Gasteiger partial charge in [0.2, 0.25) is 11.8 Å². The van der Waals surface area contributed by atoms with E-state index < -0.39 is 0 Å². The lowest BCUT2D eigenvalue weighted by Gasteiger charge is -2.19. The average Bonchev–Trinajstić information content (AvgIpc) is 3.15. The van der Waals surface area contributed by atoms with Crippen LogP contribution in [0.3, 0.4) is 0 Å². The Morgan fingerprint density at radius 1 is 1.05 bits per heavy atom. The zero-order valence-corrected chi connectivity index (χ0v) is 12.1. The highest BCUT2D eigenvalue weighted by Gasteiger charge is 2.61. The Morgan fingerprint density at radius 2 is 1.62 bits per heavy atom. The smallest absolute Gasteiger partial charge is 0.237 e. The minimum Gasteiger partial charge on any atom is -0.494 e. The highest BCUT2D eigenvalue weighted by Crippen LogP contribution is 2.56. The lowest BCUT2D eigenvalue weighted by atomic mass is 9.81. The fourth-order valence-electron chi connectivity index (χ4n) is 4.52. The van der Waals surface area contributed by atoms with Crippen molar-refractivity contribution >= 4 is 17.5 Å². The van der Waals surface area contributed by atoms with Crippen LogP contribution in [0, 0.1) is 23.7 Å². The average molecular weight is 285 g/mol. The first-order valence-electron chi connectivity index (χ1n) is 7.81. The lowest BCUT2D eigenvalue weighted by molar-refractivity contribution is -0.123. The van der Waals surface area contributed by atoms with Crippen molar-refractivity contribution in [3.8, 4) is 5.75 Å². The Labute approximate surface area is 124 Å². The normalized spacial score (nSPS) is 33.7. The highest BCUT2D eigenvalue weighted by atomic mass is 16.5. The third-order valence-electron chi connectivity index (χ3n) is 5.33. The van der Waals surface area contributed by atoms with Crippen molar-refractivity contribution < 1.29 is 14.3 Å². The molecule has 0 spiro atoms. The van der Waals surface area contributed by atoms with Crippen molar-refractivity contribution in [2.75, 3.05) is 11.5 Å². The van der Waals surface area contributed by atoms with Gasteiger partial charge in [0.15, 0.2) is 0 Å². The number of ether oxygens (including phenoxy) is 1. The first-order chi connectivity index (χ1) is 10.2. The molecule has 4 atom stereocenters. The van der Waals surface area contributed by atoms with Gasteiger partial charge in [0.05, 0.1) is 24.1 Å². The Morgan fingerprint density at radius 3 is 2.14 bits per heavy atom. The third-order valence-corrected chi connectivity index (χ3v) is 5.33. The summed E-state index contributed by atoms with van der Waals surface area (Å²) < 4.78 is 5.41. The summed E-state index contributed by atoms with van der Waals surface area (Å²) in [7, 11) is 0. The molecule has 3 fully saturated rings. The minimum absolute atomic E-state index is 0.0151. The molecule has 1 aliphatic heterocycles. The van der Waals surface area contributed by atoms with E-state index in [0.29, 0.717) is 24.1 Å². The van der Waals surface area contributed by atoms with Crippen LogP contribution in [0.1, 0.15) is 26.2 Å². The van der Waals surface area contributed by atoms with E-state index in [1.165, 1.54) is 4.90 Å². The SMILES string of the molecule is CCOc1ccc(N2C(=O)[C@@H]3[C@@H]4CC[C@@H](C4)[C@@H]3C2=O)cc1. The Hall–Kier alpha value is -1.84. The van der Waals surface area contributed by atoms with Crippen molar-refractivity contribution in [1.82, 2.24) is 0 Å². The molecule has 2 amide bonds. The molecule has 21 heavy (non-hydrogen) atoms. The number of amides is 2. The van der Waals surface area contributed by atoms with Crippen LogP contribution in [0.5, 0.6) is 5.75 Å². The van der Waals surface area contributed by atoms with E-state index in [9.17, 15) is 9.59 Å². The molecule has 110 valence electrons. The van der Waals surface area contributed by atoms with Gasteiger partial charge >= 0.3 is 0 Å². The summed E-state index contributed by atoms with van der Waals surface area (Å²) in [6.07, 6.45) is 3.30. The van der Waals surface area contributed by atoms with Gasteiger partial charge in [-0.25, -0.2) is 0 Å². The number of rotatable bonds is 3. The Kier molecular flexibility index (Phi) is 2.81. The van der Waals surface area contributed by atoms with Gasteiger partial charge in [-0.1, -0.05) is 0 Å². The number of carbonyl (C=O) groups excluding carboxylic acids is 2. The maximum absolute atomic E-state index is 12.7. The van der Waals surface area contributed by atoms with Gasteiger partial charge in [-0.05, 0) is 62.3 Å².